The predicted molar refractivity (Wildman–Crippen MR) is 63.2 cm³/mol. The number of unbranched alkanes of at least 4 members (excludes halogenated alkanes) is 1. The van der Waals surface area contributed by atoms with Crippen LogP contribution in [0.3, 0.4) is 0 Å². The van der Waals surface area contributed by atoms with Crippen molar-refractivity contribution < 1.29 is 9.66 Å². The zero-order valence-corrected chi connectivity index (χ0v) is 10.0. The van der Waals surface area contributed by atoms with E-state index in [1.54, 1.807) is 6.07 Å². The van der Waals surface area contributed by atoms with Crippen LogP contribution in [-0.4, -0.2) is 11.5 Å². The number of nitrogens with zero attached hydrogens (tertiary/aromatic N) is 2. The summed E-state index contributed by atoms with van der Waals surface area (Å²) in [5.74, 6) is 0.104. The highest BCUT2D eigenvalue weighted by atomic mass is 35.5. The summed E-state index contributed by atoms with van der Waals surface area (Å²) in [7, 11) is 0. The first-order valence-corrected chi connectivity index (χ1v) is 5.48. The second-order valence-corrected chi connectivity index (χ2v) is 3.78. The Kier molecular flexibility index (Phi) is 4.73. The van der Waals surface area contributed by atoms with Gasteiger partial charge in [-0.15, -0.1) is 0 Å². The molecule has 0 aliphatic rings. The van der Waals surface area contributed by atoms with E-state index in [0.29, 0.717) is 6.61 Å². The van der Waals surface area contributed by atoms with Crippen molar-refractivity contribution in [2.75, 3.05) is 6.61 Å². The molecule has 1 rings (SSSR count). The Balaban J connectivity index is 3.06. The van der Waals surface area contributed by atoms with Gasteiger partial charge in [-0.05, 0) is 6.42 Å². The third kappa shape index (κ3) is 3.33. The first kappa shape index (κ1) is 13.3. The molecule has 17 heavy (non-hydrogen) atoms. The van der Waals surface area contributed by atoms with Gasteiger partial charge in [0.2, 0.25) is 0 Å². The van der Waals surface area contributed by atoms with Crippen molar-refractivity contribution in [1.82, 2.24) is 0 Å². The lowest BCUT2D eigenvalue weighted by molar-refractivity contribution is -0.385. The molecule has 6 heteroatoms. The Morgan fingerprint density at radius 3 is 2.82 bits per heavy atom. The number of nitro groups is 1. The van der Waals surface area contributed by atoms with E-state index < -0.39 is 4.92 Å². The first-order chi connectivity index (χ1) is 8.10. The van der Waals surface area contributed by atoms with E-state index in [1.165, 1.54) is 6.07 Å². The Morgan fingerprint density at radius 1 is 1.59 bits per heavy atom. The lowest BCUT2D eigenvalue weighted by atomic mass is 10.2. The van der Waals surface area contributed by atoms with Crippen LogP contribution in [0.5, 0.6) is 5.75 Å². The molecular weight excluding hydrogens is 244 g/mol. The van der Waals surface area contributed by atoms with E-state index in [4.69, 9.17) is 21.6 Å². The fourth-order valence-electron chi connectivity index (χ4n) is 1.21. The van der Waals surface area contributed by atoms with Crippen LogP contribution in [0.25, 0.3) is 0 Å². The van der Waals surface area contributed by atoms with Crippen LogP contribution in [0.4, 0.5) is 5.69 Å². The predicted octanol–water partition coefficient (Wildman–Crippen LogP) is 3.30. The third-order valence-corrected chi connectivity index (χ3v) is 2.43. The molecule has 0 aliphatic heterocycles. The van der Waals surface area contributed by atoms with Gasteiger partial charge in [-0.25, -0.2) is 0 Å². The summed E-state index contributed by atoms with van der Waals surface area (Å²) in [4.78, 5) is 10.2. The molecule has 0 heterocycles. The number of hydrogen-bond acceptors (Lipinski definition) is 4. The van der Waals surface area contributed by atoms with Gasteiger partial charge >= 0.3 is 5.69 Å². The topological polar surface area (TPSA) is 76.2 Å². The average molecular weight is 255 g/mol. The number of nitriles is 1. The first-order valence-electron chi connectivity index (χ1n) is 5.11. The van der Waals surface area contributed by atoms with Gasteiger partial charge in [0, 0.05) is 12.1 Å². The van der Waals surface area contributed by atoms with Crippen LogP contribution in [0.15, 0.2) is 12.1 Å². The second-order valence-electron chi connectivity index (χ2n) is 3.37. The molecule has 5 nitrogen and oxygen atoms in total. The maximum absolute atomic E-state index is 10.8. The van der Waals surface area contributed by atoms with E-state index in [-0.39, 0.29) is 22.0 Å². The van der Waals surface area contributed by atoms with E-state index in [9.17, 15) is 10.1 Å². The molecule has 0 saturated carbocycles. The minimum Gasteiger partial charge on any atom is -0.487 e. The molecule has 0 atom stereocenters. The van der Waals surface area contributed by atoms with Crippen molar-refractivity contribution in [3.05, 3.63) is 32.8 Å². The summed E-state index contributed by atoms with van der Waals surface area (Å²) >= 11 is 5.79. The Morgan fingerprint density at radius 2 is 2.29 bits per heavy atom. The maximum Gasteiger partial charge on any atom is 0.312 e. The molecule has 0 saturated heterocycles. The zero-order valence-electron chi connectivity index (χ0n) is 9.27. The van der Waals surface area contributed by atoms with Gasteiger partial charge in [0.25, 0.3) is 0 Å². The molecule has 0 radical (unpaired) electrons. The Labute approximate surface area is 104 Å². The van der Waals surface area contributed by atoms with Crippen LogP contribution in [0.2, 0.25) is 5.02 Å². The van der Waals surface area contributed by atoms with Crippen molar-refractivity contribution in [3.8, 4) is 11.8 Å². The number of ether oxygens (including phenoxy) is 1. The standard InChI is InChI=1S/C11H11ClN2O3/c1-2-3-4-17-11-6-9(12)8(7-13)5-10(11)14(15)16/h5-6H,2-4H2,1H3. The van der Waals surface area contributed by atoms with Crippen LogP contribution >= 0.6 is 11.6 Å². The lowest BCUT2D eigenvalue weighted by Crippen LogP contribution is -2.01. The van der Waals surface area contributed by atoms with Gasteiger partial charge in [-0.1, -0.05) is 24.9 Å². The van der Waals surface area contributed by atoms with Crippen molar-refractivity contribution in [2.45, 2.75) is 19.8 Å². The summed E-state index contributed by atoms with van der Waals surface area (Å²) in [6.45, 7) is 2.38. The minimum atomic E-state index is -0.585. The van der Waals surface area contributed by atoms with Gasteiger partial charge in [0.05, 0.1) is 22.1 Å². The van der Waals surface area contributed by atoms with E-state index >= 15 is 0 Å². The number of hydrogen-bond donors (Lipinski definition) is 0. The van der Waals surface area contributed by atoms with Crippen molar-refractivity contribution in [3.63, 3.8) is 0 Å². The quantitative estimate of drug-likeness (QED) is 0.459. The molecule has 1 aromatic carbocycles. The van der Waals surface area contributed by atoms with E-state index in [1.807, 2.05) is 6.92 Å². The van der Waals surface area contributed by atoms with E-state index in [0.717, 1.165) is 18.9 Å². The van der Waals surface area contributed by atoms with Gasteiger partial charge in [-0.2, -0.15) is 5.26 Å². The van der Waals surface area contributed by atoms with Gasteiger partial charge in [0.1, 0.15) is 6.07 Å². The molecule has 0 spiro atoms. The van der Waals surface area contributed by atoms with Gasteiger partial charge < -0.3 is 4.74 Å². The lowest BCUT2D eigenvalue weighted by Gasteiger charge is -2.07. The molecule has 0 amide bonds. The number of halogens is 1. The highest BCUT2D eigenvalue weighted by Gasteiger charge is 2.18. The molecule has 0 unspecified atom stereocenters. The fraction of sp³-hybridized carbons (Fsp3) is 0.364. The van der Waals surface area contributed by atoms with Crippen LogP contribution in [0.1, 0.15) is 25.3 Å². The maximum atomic E-state index is 10.8. The van der Waals surface area contributed by atoms with Crippen LogP contribution in [0, 0.1) is 21.4 Å². The summed E-state index contributed by atoms with van der Waals surface area (Å²) in [5.41, 5.74) is -0.164. The summed E-state index contributed by atoms with van der Waals surface area (Å²) in [6, 6.07) is 4.24. The zero-order chi connectivity index (χ0) is 12.8. The second kappa shape index (κ2) is 6.06. The summed E-state index contributed by atoms with van der Waals surface area (Å²) in [5, 5.41) is 19.7. The normalized spacial score (nSPS) is 9.71. The highest BCUT2D eigenvalue weighted by molar-refractivity contribution is 6.32. The number of benzene rings is 1. The molecule has 0 bridgehead atoms. The summed E-state index contributed by atoms with van der Waals surface area (Å²) < 4.78 is 5.28. The van der Waals surface area contributed by atoms with Crippen LogP contribution in [-0.2, 0) is 0 Å². The molecule has 0 aliphatic carbocycles. The summed E-state index contributed by atoms with van der Waals surface area (Å²) in [6.07, 6.45) is 1.73. The van der Waals surface area contributed by atoms with E-state index in [2.05, 4.69) is 0 Å². The molecule has 0 fully saturated rings. The monoisotopic (exact) mass is 254 g/mol. The number of rotatable bonds is 5. The number of nitro benzene ring substituents is 1. The molecular formula is C11H11ClN2O3. The highest BCUT2D eigenvalue weighted by Crippen LogP contribution is 2.32. The van der Waals surface area contributed by atoms with Crippen molar-refractivity contribution in [1.29, 1.82) is 5.26 Å². The molecule has 90 valence electrons. The molecule has 0 aromatic heterocycles. The molecule has 0 N–H and O–H groups in total. The van der Waals surface area contributed by atoms with Gasteiger partial charge in [0.15, 0.2) is 5.75 Å². The average Bonchev–Trinajstić information content (AvgIpc) is 2.29. The minimum absolute atomic E-state index is 0.0706. The smallest absolute Gasteiger partial charge is 0.312 e. The van der Waals surface area contributed by atoms with Crippen LogP contribution < -0.4 is 4.74 Å². The fourth-order valence-corrected chi connectivity index (χ4v) is 1.41. The molecule has 1 aromatic rings. The largest absolute Gasteiger partial charge is 0.487 e. The third-order valence-electron chi connectivity index (χ3n) is 2.12. The Bertz CT molecular complexity index is 469. The SMILES string of the molecule is CCCCOc1cc(Cl)c(C#N)cc1[N+](=O)[O-]. The van der Waals surface area contributed by atoms with Crippen molar-refractivity contribution in [2.24, 2.45) is 0 Å². The van der Waals surface area contributed by atoms with Gasteiger partial charge in [-0.3, -0.25) is 10.1 Å². The Hall–Kier alpha value is -1.80. The van der Waals surface area contributed by atoms with Crippen molar-refractivity contribution >= 4 is 17.3 Å².